The van der Waals surface area contributed by atoms with Crippen LogP contribution < -0.4 is 10.4 Å². The number of aromatic nitrogens is 2. The fourth-order valence-electron chi connectivity index (χ4n) is 5.12. The fraction of sp³-hybridized carbons (Fsp3) is 0.632. The van der Waals surface area contributed by atoms with E-state index in [0.717, 1.165) is 19.3 Å². The molecule has 1 heterocycles. The molecule has 0 amide bonds. The minimum Gasteiger partial charge on any atom is -0.295 e. The topological polar surface area (TPSA) is 73.1 Å². The Morgan fingerprint density at radius 1 is 1.07 bits per heavy atom. The van der Waals surface area contributed by atoms with E-state index in [4.69, 9.17) is 0 Å². The van der Waals surface area contributed by atoms with Crippen LogP contribution in [0.5, 0.6) is 0 Å². The van der Waals surface area contributed by atoms with Gasteiger partial charge in [0.15, 0.2) is 0 Å². The second-order valence-electron chi connectivity index (χ2n) is 8.29. The quantitative estimate of drug-likeness (QED) is 0.770. The molecule has 1 aromatic carbocycles. The smallest absolute Gasteiger partial charge is 0.295 e. The average molecular weight is 456 g/mol. The molecule has 2 saturated carbocycles. The third-order valence-electron chi connectivity index (χ3n) is 6.54. The van der Waals surface area contributed by atoms with Crippen molar-refractivity contribution >= 4 is 37.0 Å². The number of fused-ring (bicyclic) bond motifs is 1. The summed E-state index contributed by atoms with van der Waals surface area (Å²) in [4.78, 5) is 12.4. The van der Waals surface area contributed by atoms with Crippen molar-refractivity contribution in [2.24, 2.45) is 19.5 Å². The maximum Gasteiger partial charge on any atom is 0.328 e. The third-order valence-corrected chi connectivity index (χ3v) is 9.02. The van der Waals surface area contributed by atoms with Gasteiger partial charge < -0.3 is 0 Å². The summed E-state index contributed by atoms with van der Waals surface area (Å²) in [7, 11) is -0.323. The molecular weight excluding hydrogens is 430 g/mol. The van der Waals surface area contributed by atoms with Gasteiger partial charge in [0.2, 0.25) is 10.0 Å². The van der Waals surface area contributed by atoms with E-state index in [0.29, 0.717) is 20.9 Å². The molecule has 6 nitrogen and oxygen atoms in total. The van der Waals surface area contributed by atoms with Gasteiger partial charge in [0.25, 0.3) is 0 Å². The Labute approximate surface area is 168 Å². The van der Waals surface area contributed by atoms with E-state index < -0.39 is 10.0 Å². The van der Waals surface area contributed by atoms with Crippen molar-refractivity contribution in [3.63, 3.8) is 0 Å². The van der Waals surface area contributed by atoms with E-state index in [-0.39, 0.29) is 16.6 Å². The number of halogens is 1. The van der Waals surface area contributed by atoms with Crippen LogP contribution in [0.1, 0.15) is 51.4 Å². The Morgan fingerprint density at radius 2 is 1.67 bits per heavy atom. The maximum atomic E-state index is 13.1. The minimum atomic E-state index is -3.67. The first-order valence-corrected chi connectivity index (χ1v) is 11.9. The standard InChI is InChI=1S/C19H26BrN3O3S/c1-22-15-10-14(20)17(11-16(15)23(2)18(22)24)27(25,26)21-13-6-5-9-19(12-13)7-3-4-8-19/h10-11,13,21H,3-9,12H2,1-2H3. The number of nitrogens with one attached hydrogen (secondary N) is 1. The van der Waals surface area contributed by atoms with Crippen molar-refractivity contribution < 1.29 is 8.42 Å². The van der Waals surface area contributed by atoms with Gasteiger partial charge in [0.1, 0.15) is 0 Å². The van der Waals surface area contributed by atoms with Crippen molar-refractivity contribution in [3.05, 3.63) is 27.1 Å². The summed E-state index contributed by atoms with van der Waals surface area (Å²) in [6.45, 7) is 0. The molecule has 148 valence electrons. The van der Waals surface area contributed by atoms with Gasteiger partial charge in [-0.15, -0.1) is 0 Å². The molecule has 0 bridgehead atoms. The first-order valence-electron chi connectivity index (χ1n) is 9.60. The highest BCUT2D eigenvalue weighted by molar-refractivity contribution is 9.10. The van der Waals surface area contributed by atoms with Crippen molar-refractivity contribution in [1.82, 2.24) is 13.9 Å². The van der Waals surface area contributed by atoms with Gasteiger partial charge in [-0.2, -0.15) is 0 Å². The van der Waals surface area contributed by atoms with E-state index >= 15 is 0 Å². The second kappa shape index (κ2) is 6.74. The molecule has 2 aliphatic rings. The van der Waals surface area contributed by atoms with Crippen molar-refractivity contribution in [2.75, 3.05) is 0 Å². The highest BCUT2D eigenvalue weighted by atomic mass is 79.9. The van der Waals surface area contributed by atoms with Crippen LogP contribution in [-0.4, -0.2) is 23.6 Å². The molecule has 1 unspecified atom stereocenters. The number of rotatable bonds is 3. The lowest BCUT2D eigenvalue weighted by molar-refractivity contribution is 0.171. The van der Waals surface area contributed by atoms with Gasteiger partial charge in [-0.25, -0.2) is 17.9 Å². The molecule has 8 heteroatoms. The summed E-state index contributed by atoms with van der Waals surface area (Å²) >= 11 is 3.40. The highest BCUT2D eigenvalue weighted by Crippen LogP contribution is 2.49. The Hall–Kier alpha value is -1.12. The monoisotopic (exact) mass is 455 g/mol. The van der Waals surface area contributed by atoms with E-state index in [1.165, 1.54) is 41.2 Å². The van der Waals surface area contributed by atoms with E-state index in [1.54, 1.807) is 26.2 Å². The molecule has 2 aliphatic carbocycles. The first-order chi connectivity index (χ1) is 12.7. The predicted octanol–water partition coefficient (Wildman–Crippen LogP) is 3.42. The third kappa shape index (κ3) is 3.29. The van der Waals surface area contributed by atoms with Crippen LogP contribution in [0.2, 0.25) is 0 Å². The van der Waals surface area contributed by atoms with E-state index in [2.05, 4.69) is 20.7 Å². The van der Waals surface area contributed by atoms with Crippen LogP contribution in [0, 0.1) is 5.41 Å². The summed E-state index contributed by atoms with van der Waals surface area (Å²) in [6, 6.07) is 3.30. The lowest BCUT2D eigenvalue weighted by atomic mass is 9.71. The SMILES string of the molecule is Cn1c(=O)n(C)c2cc(S(=O)(=O)NC3CCCC4(CCCC4)C3)c(Br)cc21. The molecule has 1 aromatic heterocycles. The summed E-state index contributed by atoms with van der Waals surface area (Å²) in [5.41, 5.74) is 1.49. The normalized spacial score (nSPS) is 22.7. The van der Waals surface area contributed by atoms with Crippen molar-refractivity contribution in [2.45, 2.75) is 62.3 Å². The number of hydrogen-bond donors (Lipinski definition) is 1. The number of sulfonamides is 1. The summed E-state index contributed by atoms with van der Waals surface area (Å²) < 4.78 is 32.7. The van der Waals surface area contributed by atoms with Crippen molar-refractivity contribution in [3.8, 4) is 0 Å². The van der Waals surface area contributed by atoms with Crippen LogP contribution in [0.15, 0.2) is 26.3 Å². The molecule has 4 rings (SSSR count). The molecule has 27 heavy (non-hydrogen) atoms. The average Bonchev–Trinajstić information content (AvgIpc) is 3.13. The molecule has 0 radical (unpaired) electrons. The van der Waals surface area contributed by atoms with Gasteiger partial charge in [-0.3, -0.25) is 9.13 Å². The number of benzene rings is 1. The van der Waals surface area contributed by atoms with Gasteiger partial charge in [0.05, 0.1) is 15.9 Å². The van der Waals surface area contributed by atoms with Crippen LogP contribution in [-0.2, 0) is 24.1 Å². The van der Waals surface area contributed by atoms with Gasteiger partial charge in [-0.1, -0.05) is 19.3 Å². The summed E-state index contributed by atoms with van der Waals surface area (Å²) in [5.74, 6) is 0. The summed E-state index contributed by atoms with van der Waals surface area (Å²) in [6.07, 6.45) is 9.14. The van der Waals surface area contributed by atoms with E-state index in [1.807, 2.05) is 0 Å². The Morgan fingerprint density at radius 3 is 2.33 bits per heavy atom. The molecule has 2 fully saturated rings. The lowest BCUT2D eigenvalue weighted by Gasteiger charge is -2.38. The zero-order chi connectivity index (χ0) is 19.4. The second-order valence-corrected chi connectivity index (χ2v) is 10.8. The predicted molar refractivity (Wildman–Crippen MR) is 109 cm³/mol. The number of nitrogens with zero attached hydrogens (tertiary/aromatic N) is 2. The highest BCUT2D eigenvalue weighted by Gasteiger charge is 2.39. The molecule has 1 spiro atoms. The summed E-state index contributed by atoms with van der Waals surface area (Å²) in [5, 5.41) is 0. The maximum absolute atomic E-state index is 13.1. The van der Waals surface area contributed by atoms with Crippen LogP contribution in [0.3, 0.4) is 0 Å². The zero-order valence-electron chi connectivity index (χ0n) is 15.8. The van der Waals surface area contributed by atoms with Crippen molar-refractivity contribution in [1.29, 1.82) is 0 Å². The Kier molecular flexibility index (Phi) is 4.79. The molecule has 0 saturated heterocycles. The molecule has 1 atom stereocenters. The lowest BCUT2D eigenvalue weighted by Crippen LogP contribution is -2.41. The number of imidazole rings is 1. The van der Waals surface area contributed by atoms with Gasteiger partial charge in [-0.05, 0) is 65.6 Å². The van der Waals surface area contributed by atoms with Crippen LogP contribution in [0.25, 0.3) is 11.0 Å². The minimum absolute atomic E-state index is 0.0101. The first kappa shape index (κ1) is 19.2. The number of aryl methyl sites for hydroxylation is 2. The van der Waals surface area contributed by atoms with Crippen LogP contribution >= 0.6 is 15.9 Å². The fourth-order valence-corrected chi connectivity index (χ4v) is 7.44. The largest absolute Gasteiger partial charge is 0.328 e. The number of hydrogen-bond acceptors (Lipinski definition) is 3. The van der Waals surface area contributed by atoms with Gasteiger partial charge >= 0.3 is 5.69 Å². The zero-order valence-corrected chi connectivity index (χ0v) is 18.2. The Bertz CT molecular complexity index is 1050. The van der Waals surface area contributed by atoms with E-state index in [9.17, 15) is 13.2 Å². The molecule has 2 aromatic rings. The Balaban J connectivity index is 1.66. The van der Waals surface area contributed by atoms with Gasteiger partial charge in [0, 0.05) is 24.6 Å². The molecule has 1 N–H and O–H groups in total. The molecular formula is C19H26BrN3O3S. The molecule has 0 aliphatic heterocycles. The van der Waals surface area contributed by atoms with Crippen LogP contribution in [0.4, 0.5) is 0 Å².